The topological polar surface area (TPSA) is 53.2 Å². The van der Waals surface area contributed by atoms with Gasteiger partial charge in [0.25, 0.3) is 0 Å². The van der Waals surface area contributed by atoms with Gasteiger partial charge in [0, 0.05) is 31.2 Å². The second-order valence-corrected chi connectivity index (χ2v) is 4.17. The van der Waals surface area contributed by atoms with Crippen LogP contribution in [0.1, 0.15) is 5.56 Å². The molecule has 16 heavy (non-hydrogen) atoms. The van der Waals surface area contributed by atoms with Gasteiger partial charge in [-0.15, -0.1) is 0 Å². The quantitative estimate of drug-likeness (QED) is 0.718. The van der Waals surface area contributed by atoms with Crippen LogP contribution in [0.5, 0.6) is 0 Å². The number of aryl methyl sites for hydroxylation is 1. The summed E-state index contributed by atoms with van der Waals surface area (Å²) < 4.78 is 0. The second kappa shape index (κ2) is 4.99. The third kappa shape index (κ3) is 2.73. The molecule has 1 aromatic carbocycles. The number of nitrogens with one attached hydrogen (secondary N) is 3. The van der Waals surface area contributed by atoms with Crippen LogP contribution >= 0.6 is 0 Å². The largest absolute Gasteiger partial charge is 0.337 e. The number of carbonyl (C=O) groups is 1. The molecule has 86 valence electrons. The first-order chi connectivity index (χ1) is 7.75. The van der Waals surface area contributed by atoms with Crippen LogP contribution in [0.25, 0.3) is 0 Å². The molecule has 0 radical (unpaired) electrons. The van der Waals surface area contributed by atoms with Crippen molar-refractivity contribution >= 4 is 11.7 Å². The van der Waals surface area contributed by atoms with E-state index in [1.165, 1.54) is 0 Å². The van der Waals surface area contributed by atoms with Gasteiger partial charge < -0.3 is 16.0 Å². The molecule has 1 aliphatic rings. The first kappa shape index (κ1) is 11.0. The van der Waals surface area contributed by atoms with E-state index >= 15 is 0 Å². The zero-order valence-corrected chi connectivity index (χ0v) is 9.42. The number of amides is 2. The lowest BCUT2D eigenvalue weighted by Crippen LogP contribution is -2.48. The van der Waals surface area contributed by atoms with Crippen molar-refractivity contribution in [3.63, 3.8) is 0 Å². The van der Waals surface area contributed by atoms with Gasteiger partial charge in [0.15, 0.2) is 0 Å². The molecule has 1 saturated heterocycles. The Bertz CT molecular complexity index is 374. The maximum absolute atomic E-state index is 11.6. The second-order valence-electron chi connectivity index (χ2n) is 4.17. The van der Waals surface area contributed by atoms with Gasteiger partial charge in [-0.2, -0.15) is 0 Å². The molecule has 4 heteroatoms. The Labute approximate surface area is 95.4 Å². The summed E-state index contributed by atoms with van der Waals surface area (Å²) in [5, 5.41) is 8.89. The monoisotopic (exact) mass is 219 g/mol. The Hall–Kier alpha value is -1.55. The van der Waals surface area contributed by atoms with Crippen molar-refractivity contribution in [3.05, 3.63) is 29.8 Å². The molecule has 0 atom stereocenters. The zero-order chi connectivity index (χ0) is 11.4. The SMILES string of the molecule is Cc1ccccc1NC(=O)NCC1CNC1. The van der Waals surface area contributed by atoms with Gasteiger partial charge in [0.1, 0.15) is 0 Å². The summed E-state index contributed by atoms with van der Waals surface area (Å²) in [4.78, 5) is 11.6. The fourth-order valence-corrected chi connectivity index (χ4v) is 1.61. The lowest BCUT2D eigenvalue weighted by atomic mass is 10.0. The van der Waals surface area contributed by atoms with Crippen molar-refractivity contribution < 1.29 is 4.79 Å². The van der Waals surface area contributed by atoms with E-state index in [2.05, 4.69) is 16.0 Å². The minimum absolute atomic E-state index is 0.124. The Morgan fingerprint density at radius 2 is 2.19 bits per heavy atom. The van der Waals surface area contributed by atoms with Crippen LogP contribution in [0.2, 0.25) is 0 Å². The van der Waals surface area contributed by atoms with Gasteiger partial charge in [-0.25, -0.2) is 4.79 Å². The van der Waals surface area contributed by atoms with Crippen LogP contribution in [-0.2, 0) is 0 Å². The molecular weight excluding hydrogens is 202 g/mol. The third-order valence-corrected chi connectivity index (χ3v) is 2.81. The van der Waals surface area contributed by atoms with Gasteiger partial charge in [0.2, 0.25) is 0 Å². The summed E-state index contributed by atoms with van der Waals surface area (Å²) in [7, 11) is 0. The molecule has 0 spiro atoms. The predicted octanol–water partition coefficient (Wildman–Crippen LogP) is 1.34. The highest BCUT2D eigenvalue weighted by atomic mass is 16.2. The van der Waals surface area contributed by atoms with Gasteiger partial charge in [0.05, 0.1) is 0 Å². The van der Waals surface area contributed by atoms with Crippen molar-refractivity contribution in [2.24, 2.45) is 5.92 Å². The van der Waals surface area contributed by atoms with E-state index in [1.54, 1.807) is 0 Å². The number of para-hydroxylation sites is 1. The predicted molar refractivity (Wildman–Crippen MR) is 64.6 cm³/mol. The van der Waals surface area contributed by atoms with E-state index in [-0.39, 0.29) is 6.03 Å². The van der Waals surface area contributed by atoms with E-state index in [0.717, 1.165) is 30.9 Å². The lowest BCUT2D eigenvalue weighted by molar-refractivity contribution is 0.246. The van der Waals surface area contributed by atoms with E-state index < -0.39 is 0 Å². The average Bonchev–Trinajstić information content (AvgIpc) is 2.19. The van der Waals surface area contributed by atoms with Crippen molar-refractivity contribution in [1.29, 1.82) is 0 Å². The summed E-state index contributed by atoms with van der Waals surface area (Å²) in [5.74, 6) is 0.586. The zero-order valence-electron chi connectivity index (χ0n) is 9.42. The van der Waals surface area contributed by atoms with E-state index in [9.17, 15) is 4.79 Å². The number of benzene rings is 1. The maximum Gasteiger partial charge on any atom is 0.319 e. The normalized spacial score (nSPS) is 15.3. The highest BCUT2D eigenvalue weighted by molar-refractivity contribution is 5.89. The molecule has 0 aliphatic carbocycles. The molecule has 2 amide bonds. The number of hydrogen-bond acceptors (Lipinski definition) is 2. The van der Waals surface area contributed by atoms with Crippen molar-refractivity contribution in [3.8, 4) is 0 Å². The first-order valence-electron chi connectivity index (χ1n) is 5.57. The average molecular weight is 219 g/mol. The molecule has 0 saturated carbocycles. The van der Waals surface area contributed by atoms with Crippen LogP contribution in [-0.4, -0.2) is 25.7 Å². The summed E-state index contributed by atoms with van der Waals surface area (Å²) in [6.07, 6.45) is 0. The Morgan fingerprint density at radius 3 is 2.81 bits per heavy atom. The molecule has 0 unspecified atom stereocenters. The van der Waals surface area contributed by atoms with Gasteiger partial charge in [-0.3, -0.25) is 0 Å². The molecule has 1 aliphatic heterocycles. The molecule has 1 heterocycles. The highest BCUT2D eigenvalue weighted by Crippen LogP contribution is 2.12. The summed E-state index contributed by atoms with van der Waals surface area (Å²) in [6, 6.07) is 7.63. The molecule has 2 rings (SSSR count). The Morgan fingerprint density at radius 1 is 1.44 bits per heavy atom. The van der Waals surface area contributed by atoms with Crippen LogP contribution in [0, 0.1) is 12.8 Å². The van der Waals surface area contributed by atoms with Crippen LogP contribution in [0.4, 0.5) is 10.5 Å². The number of urea groups is 1. The molecule has 0 aromatic heterocycles. The standard InChI is InChI=1S/C12H17N3O/c1-9-4-2-3-5-11(9)15-12(16)14-8-10-6-13-7-10/h2-5,10,13H,6-8H2,1H3,(H2,14,15,16). The van der Waals surface area contributed by atoms with E-state index in [4.69, 9.17) is 0 Å². The molecule has 1 fully saturated rings. The highest BCUT2D eigenvalue weighted by Gasteiger charge is 2.17. The number of carbonyl (C=O) groups excluding carboxylic acids is 1. The van der Waals surface area contributed by atoms with Crippen molar-refractivity contribution in [2.45, 2.75) is 6.92 Å². The summed E-state index contributed by atoms with van der Waals surface area (Å²) in [5.41, 5.74) is 1.94. The van der Waals surface area contributed by atoms with Crippen molar-refractivity contribution in [2.75, 3.05) is 25.0 Å². The minimum Gasteiger partial charge on any atom is -0.337 e. The Kier molecular flexibility index (Phi) is 3.41. The Balaban J connectivity index is 1.80. The number of rotatable bonds is 3. The van der Waals surface area contributed by atoms with E-state index in [1.807, 2.05) is 31.2 Å². The molecular formula is C12H17N3O. The van der Waals surface area contributed by atoms with Gasteiger partial charge in [-0.1, -0.05) is 18.2 Å². The third-order valence-electron chi connectivity index (χ3n) is 2.81. The number of anilines is 1. The van der Waals surface area contributed by atoms with Gasteiger partial charge in [-0.05, 0) is 18.6 Å². The molecule has 0 bridgehead atoms. The minimum atomic E-state index is -0.124. The van der Waals surface area contributed by atoms with Crippen LogP contribution in [0.15, 0.2) is 24.3 Å². The molecule has 4 nitrogen and oxygen atoms in total. The molecule has 3 N–H and O–H groups in total. The van der Waals surface area contributed by atoms with Crippen LogP contribution in [0.3, 0.4) is 0 Å². The lowest BCUT2D eigenvalue weighted by Gasteiger charge is -2.27. The summed E-state index contributed by atoms with van der Waals surface area (Å²) in [6.45, 7) is 4.73. The smallest absolute Gasteiger partial charge is 0.319 e. The van der Waals surface area contributed by atoms with Crippen LogP contribution < -0.4 is 16.0 Å². The van der Waals surface area contributed by atoms with Gasteiger partial charge >= 0.3 is 6.03 Å². The fraction of sp³-hybridized carbons (Fsp3) is 0.417. The number of hydrogen-bond donors (Lipinski definition) is 3. The maximum atomic E-state index is 11.6. The molecule has 1 aromatic rings. The fourth-order valence-electron chi connectivity index (χ4n) is 1.61. The summed E-state index contributed by atoms with van der Waals surface area (Å²) >= 11 is 0. The van der Waals surface area contributed by atoms with Crippen molar-refractivity contribution in [1.82, 2.24) is 10.6 Å². The van der Waals surface area contributed by atoms with E-state index in [0.29, 0.717) is 5.92 Å². The first-order valence-corrected chi connectivity index (χ1v) is 5.57.